The van der Waals surface area contributed by atoms with Gasteiger partial charge in [0.05, 0.1) is 12.0 Å². The molecule has 0 heterocycles. The Morgan fingerprint density at radius 1 is 1.17 bits per heavy atom. The molecule has 0 radical (unpaired) electrons. The lowest BCUT2D eigenvalue weighted by Gasteiger charge is -2.32. The van der Waals surface area contributed by atoms with E-state index in [1.54, 1.807) is 19.1 Å². The molecule has 2 rings (SSSR count). The fourth-order valence-electron chi connectivity index (χ4n) is 4.34. The third kappa shape index (κ3) is 8.41. The zero-order valence-electron chi connectivity index (χ0n) is 21.3. The van der Waals surface area contributed by atoms with Crippen molar-refractivity contribution in [1.82, 2.24) is 0 Å². The lowest BCUT2D eigenvalue weighted by molar-refractivity contribution is -0.156. The molecule has 35 heavy (non-hydrogen) atoms. The van der Waals surface area contributed by atoms with Crippen molar-refractivity contribution in [3.8, 4) is 0 Å². The number of esters is 1. The normalized spacial score (nSPS) is 30.9. The number of Topliss-reactive ketones (excluding diaryl/α,β-unsaturated/α-hetero) is 2. The number of carbonyl (C=O) groups is 3. The number of allylic oxidation sites excluding steroid dienone is 5. The van der Waals surface area contributed by atoms with Gasteiger partial charge in [0.1, 0.15) is 11.7 Å². The van der Waals surface area contributed by atoms with Crippen LogP contribution >= 0.6 is 0 Å². The minimum Gasteiger partial charge on any atom is -0.455 e. The van der Waals surface area contributed by atoms with Gasteiger partial charge in [-0.2, -0.15) is 0 Å². The predicted octanol–water partition coefficient (Wildman–Crippen LogP) is 4.47. The van der Waals surface area contributed by atoms with E-state index in [4.69, 9.17) is 4.74 Å². The Bertz CT molecular complexity index is 972. The number of rotatable bonds is 5. The van der Waals surface area contributed by atoms with E-state index in [1.807, 2.05) is 55.5 Å². The molecule has 1 aliphatic rings. The standard InChI is InChI=1S/C29H38O6/c1-19(23-12-7-6-8-13-23)10-9-11-20(2)27-21(3)14-15-26(35-22(4)30)29(5,34)17-16-24(31)18-25(32)28(27)33/h6-15,19,21,24,26-27,31,34H,16-18H2,1-5H3/b10-9+,15-14+,20-11+/t19?,21-,24-,26-,27+,29-/m0/s1. The van der Waals surface area contributed by atoms with Gasteiger partial charge in [0.25, 0.3) is 0 Å². The summed E-state index contributed by atoms with van der Waals surface area (Å²) in [6.07, 6.45) is 6.89. The van der Waals surface area contributed by atoms with Crippen molar-refractivity contribution in [3.63, 3.8) is 0 Å². The Labute approximate surface area is 208 Å². The highest BCUT2D eigenvalue weighted by molar-refractivity contribution is 6.38. The van der Waals surface area contributed by atoms with Crippen molar-refractivity contribution in [1.29, 1.82) is 0 Å². The van der Waals surface area contributed by atoms with Crippen LogP contribution in [-0.4, -0.2) is 45.6 Å². The van der Waals surface area contributed by atoms with Crippen molar-refractivity contribution >= 4 is 17.5 Å². The monoisotopic (exact) mass is 482 g/mol. The predicted molar refractivity (Wildman–Crippen MR) is 136 cm³/mol. The van der Waals surface area contributed by atoms with E-state index in [9.17, 15) is 24.6 Å². The van der Waals surface area contributed by atoms with Crippen LogP contribution in [0.5, 0.6) is 0 Å². The van der Waals surface area contributed by atoms with Crippen LogP contribution in [0.3, 0.4) is 0 Å². The molecule has 6 atom stereocenters. The van der Waals surface area contributed by atoms with Gasteiger partial charge in [-0.05, 0) is 50.2 Å². The molecule has 190 valence electrons. The molecule has 0 spiro atoms. The highest BCUT2D eigenvalue weighted by Crippen LogP contribution is 2.29. The Kier molecular flexibility index (Phi) is 10.3. The molecule has 6 heteroatoms. The molecule has 1 aliphatic carbocycles. The average molecular weight is 483 g/mol. The fraction of sp³-hybridized carbons (Fsp3) is 0.483. The van der Waals surface area contributed by atoms with Crippen LogP contribution in [-0.2, 0) is 19.1 Å². The summed E-state index contributed by atoms with van der Waals surface area (Å²) in [7, 11) is 0. The Morgan fingerprint density at radius 2 is 1.83 bits per heavy atom. The van der Waals surface area contributed by atoms with Crippen LogP contribution in [0.1, 0.15) is 65.4 Å². The molecule has 1 unspecified atom stereocenters. The number of ether oxygens (including phenoxy) is 1. The number of ketones is 2. The first kappa shape index (κ1) is 28.4. The topological polar surface area (TPSA) is 101 Å². The third-order valence-corrected chi connectivity index (χ3v) is 6.56. The van der Waals surface area contributed by atoms with E-state index >= 15 is 0 Å². The van der Waals surface area contributed by atoms with Gasteiger partial charge in [-0.3, -0.25) is 14.4 Å². The van der Waals surface area contributed by atoms with E-state index in [0.29, 0.717) is 5.57 Å². The van der Waals surface area contributed by atoms with Gasteiger partial charge in [0, 0.05) is 13.3 Å². The number of hydrogen-bond acceptors (Lipinski definition) is 6. The number of benzene rings is 1. The minimum absolute atomic E-state index is 0.0901. The molecule has 0 amide bonds. The van der Waals surface area contributed by atoms with Crippen LogP contribution in [0.15, 0.2) is 66.3 Å². The van der Waals surface area contributed by atoms with Crippen LogP contribution in [0.2, 0.25) is 0 Å². The maximum Gasteiger partial charge on any atom is 0.303 e. The largest absolute Gasteiger partial charge is 0.455 e. The van der Waals surface area contributed by atoms with Crippen molar-refractivity contribution in [2.24, 2.45) is 11.8 Å². The number of carbonyl (C=O) groups excluding carboxylic acids is 3. The van der Waals surface area contributed by atoms with E-state index < -0.39 is 47.2 Å². The molecule has 0 saturated heterocycles. The van der Waals surface area contributed by atoms with Gasteiger partial charge in [-0.1, -0.05) is 74.1 Å². The smallest absolute Gasteiger partial charge is 0.303 e. The van der Waals surface area contributed by atoms with Crippen molar-refractivity contribution in [3.05, 3.63) is 71.8 Å². The third-order valence-electron chi connectivity index (χ3n) is 6.56. The zero-order valence-corrected chi connectivity index (χ0v) is 21.3. The molecule has 2 N–H and O–H groups in total. The first-order chi connectivity index (χ1) is 16.4. The molecule has 1 aromatic rings. The summed E-state index contributed by atoms with van der Waals surface area (Å²) in [6, 6.07) is 10.0. The number of aliphatic hydroxyl groups excluding tert-OH is 1. The quantitative estimate of drug-likeness (QED) is 0.278. The summed E-state index contributed by atoms with van der Waals surface area (Å²) in [4.78, 5) is 37.5. The Hall–Kier alpha value is -2.83. The summed E-state index contributed by atoms with van der Waals surface area (Å²) in [5.74, 6) is -2.72. The zero-order chi connectivity index (χ0) is 26.2. The number of aliphatic hydroxyl groups is 2. The highest BCUT2D eigenvalue weighted by Gasteiger charge is 2.36. The Morgan fingerprint density at radius 3 is 2.46 bits per heavy atom. The first-order valence-corrected chi connectivity index (χ1v) is 12.1. The van der Waals surface area contributed by atoms with Gasteiger partial charge in [0.2, 0.25) is 11.6 Å². The molecule has 0 fully saturated rings. The SMILES string of the molecule is CC(=O)O[C@H]1/C=C/[C@H](C)[C@@H](/C(C)=C/C=C/C(C)c2ccccc2)C(=O)C(=O)C[C@@H](O)CC[C@]1(C)O. The second kappa shape index (κ2) is 12.8. The van der Waals surface area contributed by atoms with E-state index in [1.165, 1.54) is 19.4 Å². The van der Waals surface area contributed by atoms with Crippen LogP contribution < -0.4 is 0 Å². The summed E-state index contributed by atoms with van der Waals surface area (Å²) >= 11 is 0. The Balaban J connectivity index is 2.37. The fourth-order valence-corrected chi connectivity index (χ4v) is 4.34. The molecule has 1 aromatic carbocycles. The van der Waals surface area contributed by atoms with Gasteiger partial charge in [-0.25, -0.2) is 0 Å². The molecule has 0 aliphatic heterocycles. The van der Waals surface area contributed by atoms with Crippen LogP contribution in [0, 0.1) is 11.8 Å². The van der Waals surface area contributed by atoms with E-state index in [-0.39, 0.29) is 25.2 Å². The lowest BCUT2D eigenvalue weighted by atomic mass is 9.79. The van der Waals surface area contributed by atoms with Gasteiger partial charge in [-0.15, -0.1) is 0 Å². The highest BCUT2D eigenvalue weighted by atomic mass is 16.6. The molecule has 0 bridgehead atoms. The summed E-state index contributed by atoms with van der Waals surface area (Å²) in [6.45, 7) is 8.48. The molecule has 0 saturated carbocycles. The van der Waals surface area contributed by atoms with Crippen LogP contribution in [0.4, 0.5) is 0 Å². The second-order valence-electron chi connectivity index (χ2n) is 9.79. The minimum atomic E-state index is -1.44. The van der Waals surface area contributed by atoms with E-state index in [0.717, 1.165) is 0 Å². The maximum absolute atomic E-state index is 13.2. The molecule has 6 nitrogen and oxygen atoms in total. The van der Waals surface area contributed by atoms with Crippen molar-refractivity contribution in [2.75, 3.05) is 0 Å². The van der Waals surface area contributed by atoms with Crippen molar-refractivity contribution in [2.45, 2.75) is 77.6 Å². The molecular formula is C29H38O6. The maximum atomic E-state index is 13.2. The van der Waals surface area contributed by atoms with Gasteiger partial charge in [0.15, 0.2) is 0 Å². The first-order valence-electron chi connectivity index (χ1n) is 12.1. The average Bonchev–Trinajstić information content (AvgIpc) is 2.80. The van der Waals surface area contributed by atoms with E-state index in [2.05, 4.69) is 6.92 Å². The number of hydrogen-bond donors (Lipinski definition) is 2. The van der Waals surface area contributed by atoms with Gasteiger partial charge >= 0.3 is 5.97 Å². The van der Waals surface area contributed by atoms with Crippen molar-refractivity contribution < 1.29 is 29.3 Å². The summed E-state index contributed by atoms with van der Waals surface area (Å²) in [5.41, 5.74) is 0.437. The molecular weight excluding hydrogens is 444 g/mol. The van der Waals surface area contributed by atoms with Gasteiger partial charge < -0.3 is 14.9 Å². The summed E-state index contributed by atoms with van der Waals surface area (Å²) in [5, 5.41) is 21.3. The lowest BCUT2D eigenvalue weighted by Crippen LogP contribution is -2.42. The second-order valence-corrected chi connectivity index (χ2v) is 9.79. The summed E-state index contributed by atoms with van der Waals surface area (Å²) < 4.78 is 5.34. The molecule has 0 aromatic heterocycles. The van der Waals surface area contributed by atoms with Crippen LogP contribution in [0.25, 0.3) is 0 Å².